The van der Waals surface area contributed by atoms with Crippen LogP contribution in [0.25, 0.3) is 10.9 Å². The summed E-state index contributed by atoms with van der Waals surface area (Å²) in [5.74, 6) is 0. The van der Waals surface area contributed by atoms with Crippen LogP contribution >= 0.6 is 0 Å². The molecule has 2 heterocycles. The number of nitrogens with zero attached hydrogens (tertiary/aromatic N) is 1. The van der Waals surface area contributed by atoms with Crippen LogP contribution in [0, 0.1) is 6.92 Å². The molecule has 1 aromatic heterocycles. The molecule has 0 radical (unpaired) electrons. The Morgan fingerprint density at radius 1 is 1.36 bits per heavy atom. The summed E-state index contributed by atoms with van der Waals surface area (Å²) < 4.78 is 5.33. The normalized spacial score (nSPS) is 19.9. The topological polar surface area (TPSA) is 25.4 Å². The summed E-state index contributed by atoms with van der Waals surface area (Å²) in [6, 6.07) is 10.4. The molecule has 0 aliphatic carbocycles. The summed E-state index contributed by atoms with van der Waals surface area (Å²) in [4.78, 5) is 4.49. The van der Waals surface area contributed by atoms with E-state index < -0.39 is 0 Å². The molecule has 0 amide bonds. The Bertz CT molecular complexity index is 489. The van der Waals surface area contributed by atoms with Gasteiger partial charge in [0.05, 0.1) is 12.1 Å². The number of benzene rings is 1. The minimum atomic E-state index is 0.307. The molecule has 0 unspecified atom stereocenters. The third-order valence-electron chi connectivity index (χ3n) is 2.56. The molecule has 1 atom stereocenters. The van der Waals surface area contributed by atoms with Crippen LogP contribution in [0.1, 0.15) is 17.4 Å². The molecule has 2 aromatic rings. The summed E-state index contributed by atoms with van der Waals surface area (Å²) >= 11 is 0. The highest BCUT2D eigenvalue weighted by molar-refractivity contribution is 5.83. The maximum atomic E-state index is 5.33. The monoisotopic (exact) mass is 185 g/mol. The molecule has 0 N–H and O–H groups in total. The van der Waals surface area contributed by atoms with Gasteiger partial charge in [-0.15, -0.1) is 0 Å². The molecule has 14 heavy (non-hydrogen) atoms. The molecule has 0 spiro atoms. The van der Waals surface area contributed by atoms with E-state index in [1.165, 1.54) is 10.9 Å². The van der Waals surface area contributed by atoms with E-state index in [9.17, 15) is 0 Å². The molecule has 1 aliphatic rings. The SMILES string of the molecule is Cc1cc([C@@H]2CO2)c2ccccc2n1. The third-order valence-corrected chi connectivity index (χ3v) is 2.56. The second-order valence-electron chi connectivity index (χ2n) is 3.69. The van der Waals surface area contributed by atoms with Gasteiger partial charge in [0, 0.05) is 11.1 Å². The Morgan fingerprint density at radius 3 is 2.93 bits per heavy atom. The zero-order valence-corrected chi connectivity index (χ0v) is 8.03. The number of para-hydroxylation sites is 1. The standard InChI is InChI=1S/C12H11NO/c1-8-6-10(12-7-14-12)9-4-2-3-5-11(9)13-8/h2-6,12H,7H2,1H3/t12-/m0/s1. The van der Waals surface area contributed by atoms with Crippen LogP contribution in [0.15, 0.2) is 30.3 Å². The fourth-order valence-corrected chi connectivity index (χ4v) is 1.83. The van der Waals surface area contributed by atoms with Gasteiger partial charge < -0.3 is 4.74 Å². The first-order valence-electron chi connectivity index (χ1n) is 4.82. The van der Waals surface area contributed by atoms with E-state index in [1.807, 2.05) is 25.1 Å². The molecule has 0 saturated carbocycles. The summed E-state index contributed by atoms with van der Waals surface area (Å²) in [5.41, 5.74) is 3.42. The number of aromatic nitrogens is 1. The average Bonchev–Trinajstić information content (AvgIpc) is 2.99. The van der Waals surface area contributed by atoms with Crippen LogP contribution < -0.4 is 0 Å². The molecular formula is C12H11NO. The Kier molecular flexibility index (Phi) is 1.58. The maximum absolute atomic E-state index is 5.33. The van der Waals surface area contributed by atoms with Crippen molar-refractivity contribution in [1.82, 2.24) is 4.98 Å². The lowest BCUT2D eigenvalue weighted by Gasteiger charge is -2.04. The van der Waals surface area contributed by atoms with Crippen molar-refractivity contribution in [3.63, 3.8) is 0 Å². The molecule has 3 rings (SSSR count). The lowest BCUT2D eigenvalue weighted by Crippen LogP contribution is -1.90. The number of ether oxygens (including phenoxy) is 1. The van der Waals surface area contributed by atoms with E-state index >= 15 is 0 Å². The summed E-state index contributed by atoms with van der Waals surface area (Å²) in [6.07, 6.45) is 0.307. The smallest absolute Gasteiger partial charge is 0.107 e. The number of hydrogen-bond acceptors (Lipinski definition) is 2. The first-order valence-corrected chi connectivity index (χ1v) is 4.82. The second-order valence-corrected chi connectivity index (χ2v) is 3.69. The van der Waals surface area contributed by atoms with E-state index in [-0.39, 0.29) is 0 Å². The maximum Gasteiger partial charge on any atom is 0.107 e. The van der Waals surface area contributed by atoms with E-state index in [0.29, 0.717) is 6.10 Å². The van der Waals surface area contributed by atoms with Gasteiger partial charge in [-0.05, 0) is 24.6 Å². The van der Waals surface area contributed by atoms with Gasteiger partial charge in [0.1, 0.15) is 6.10 Å². The van der Waals surface area contributed by atoms with Crippen LogP contribution in [0.3, 0.4) is 0 Å². The van der Waals surface area contributed by atoms with Crippen molar-refractivity contribution in [2.24, 2.45) is 0 Å². The largest absolute Gasteiger partial charge is 0.368 e. The van der Waals surface area contributed by atoms with Crippen LogP contribution in [0.5, 0.6) is 0 Å². The minimum absolute atomic E-state index is 0.307. The van der Waals surface area contributed by atoms with Crippen molar-refractivity contribution >= 4 is 10.9 Å². The Hall–Kier alpha value is -1.41. The Morgan fingerprint density at radius 2 is 2.14 bits per heavy atom. The van der Waals surface area contributed by atoms with Crippen LogP contribution in [0.2, 0.25) is 0 Å². The van der Waals surface area contributed by atoms with E-state index in [4.69, 9.17) is 4.74 Å². The Balaban J connectivity index is 2.34. The Labute approximate surface area is 82.5 Å². The molecule has 1 aromatic carbocycles. The average molecular weight is 185 g/mol. The van der Waals surface area contributed by atoms with E-state index in [1.54, 1.807) is 0 Å². The fraction of sp³-hybridized carbons (Fsp3) is 0.250. The predicted octanol–water partition coefficient (Wildman–Crippen LogP) is 2.61. The van der Waals surface area contributed by atoms with Crippen molar-refractivity contribution < 1.29 is 4.74 Å². The van der Waals surface area contributed by atoms with E-state index in [0.717, 1.165) is 17.8 Å². The lowest BCUT2D eigenvalue weighted by molar-refractivity contribution is 0.416. The summed E-state index contributed by atoms with van der Waals surface area (Å²) in [6.45, 7) is 2.88. The van der Waals surface area contributed by atoms with Gasteiger partial charge in [-0.25, -0.2) is 0 Å². The van der Waals surface area contributed by atoms with Gasteiger partial charge >= 0.3 is 0 Å². The first-order chi connectivity index (χ1) is 6.84. The highest BCUT2D eigenvalue weighted by atomic mass is 16.6. The number of epoxide rings is 1. The van der Waals surface area contributed by atoms with Crippen molar-refractivity contribution in [1.29, 1.82) is 0 Å². The van der Waals surface area contributed by atoms with Gasteiger partial charge in [0.25, 0.3) is 0 Å². The van der Waals surface area contributed by atoms with Gasteiger partial charge in [0.15, 0.2) is 0 Å². The number of fused-ring (bicyclic) bond motifs is 1. The highest BCUT2D eigenvalue weighted by Crippen LogP contribution is 2.34. The van der Waals surface area contributed by atoms with Gasteiger partial charge in [0.2, 0.25) is 0 Å². The highest BCUT2D eigenvalue weighted by Gasteiger charge is 2.26. The molecule has 2 nitrogen and oxygen atoms in total. The molecule has 0 bridgehead atoms. The molecule has 1 fully saturated rings. The van der Waals surface area contributed by atoms with Crippen molar-refractivity contribution in [3.8, 4) is 0 Å². The summed E-state index contributed by atoms with van der Waals surface area (Å²) in [5, 5.41) is 1.22. The zero-order valence-electron chi connectivity index (χ0n) is 8.03. The van der Waals surface area contributed by atoms with E-state index in [2.05, 4.69) is 17.1 Å². The number of aryl methyl sites for hydroxylation is 1. The van der Waals surface area contributed by atoms with Crippen molar-refractivity contribution in [2.75, 3.05) is 6.61 Å². The molecule has 1 aliphatic heterocycles. The molecule has 2 heteroatoms. The van der Waals surface area contributed by atoms with Gasteiger partial charge in [-0.3, -0.25) is 4.98 Å². The fourth-order valence-electron chi connectivity index (χ4n) is 1.83. The minimum Gasteiger partial charge on any atom is -0.368 e. The third kappa shape index (κ3) is 1.19. The number of pyridine rings is 1. The van der Waals surface area contributed by atoms with Crippen LogP contribution in [-0.4, -0.2) is 11.6 Å². The first kappa shape index (κ1) is 7.94. The second kappa shape index (κ2) is 2.79. The summed E-state index contributed by atoms with van der Waals surface area (Å²) in [7, 11) is 0. The zero-order chi connectivity index (χ0) is 9.54. The molecule has 70 valence electrons. The molecular weight excluding hydrogens is 174 g/mol. The van der Waals surface area contributed by atoms with Crippen LogP contribution in [-0.2, 0) is 4.74 Å². The predicted molar refractivity (Wildman–Crippen MR) is 55.2 cm³/mol. The number of hydrogen-bond donors (Lipinski definition) is 0. The molecule has 1 saturated heterocycles. The lowest BCUT2D eigenvalue weighted by atomic mass is 10.1. The van der Waals surface area contributed by atoms with Gasteiger partial charge in [-0.1, -0.05) is 18.2 Å². The van der Waals surface area contributed by atoms with Crippen molar-refractivity contribution in [3.05, 3.63) is 41.6 Å². The van der Waals surface area contributed by atoms with Gasteiger partial charge in [-0.2, -0.15) is 0 Å². The van der Waals surface area contributed by atoms with Crippen molar-refractivity contribution in [2.45, 2.75) is 13.0 Å². The number of rotatable bonds is 1. The van der Waals surface area contributed by atoms with Crippen LogP contribution in [0.4, 0.5) is 0 Å². The quantitative estimate of drug-likeness (QED) is 0.638.